The van der Waals surface area contributed by atoms with Gasteiger partial charge < -0.3 is 14.5 Å². The van der Waals surface area contributed by atoms with Gasteiger partial charge in [0.15, 0.2) is 0 Å². The number of para-hydroxylation sites is 1. The van der Waals surface area contributed by atoms with Crippen molar-refractivity contribution in [2.75, 3.05) is 26.2 Å². The maximum atomic E-state index is 14.3. The first-order valence-electron chi connectivity index (χ1n) is 11.7. The van der Waals surface area contributed by atoms with Crippen LogP contribution in [0.2, 0.25) is 0 Å². The van der Waals surface area contributed by atoms with Gasteiger partial charge in [0.2, 0.25) is 5.91 Å². The molecule has 0 saturated heterocycles. The summed E-state index contributed by atoms with van der Waals surface area (Å²) in [5.74, 6) is 0.0104. The van der Waals surface area contributed by atoms with Crippen LogP contribution in [0.3, 0.4) is 0 Å². The number of nitrogens with zero attached hydrogens (tertiary/aromatic N) is 2. The summed E-state index contributed by atoms with van der Waals surface area (Å²) in [4.78, 5) is 31.4. The van der Waals surface area contributed by atoms with Gasteiger partial charge in [-0.3, -0.25) is 9.59 Å². The maximum absolute atomic E-state index is 14.3. The van der Waals surface area contributed by atoms with Crippen LogP contribution in [0.1, 0.15) is 39.7 Å². The molecule has 1 atom stereocenters. The van der Waals surface area contributed by atoms with Gasteiger partial charge in [0.25, 0.3) is 5.91 Å². The number of carbonyl (C=O) groups is 2. The zero-order valence-corrected chi connectivity index (χ0v) is 19.7. The van der Waals surface area contributed by atoms with E-state index in [0.29, 0.717) is 25.6 Å². The molecule has 2 aliphatic rings. The Morgan fingerprint density at radius 1 is 1.06 bits per heavy atom. The summed E-state index contributed by atoms with van der Waals surface area (Å²) < 4.78 is 20.4. The minimum atomic E-state index is -0.559. The number of thiophene rings is 1. The molecule has 1 aromatic heterocycles. The number of fused-ring (bicyclic) bond motifs is 1. The summed E-state index contributed by atoms with van der Waals surface area (Å²) in [6.07, 6.45) is 2.85. The van der Waals surface area contributed by atoms with E-state index in [1.165, 1.54) is 21.9 Å². The number of hydrogen-bond acceptors (Lipinski definition) is 4. The molecule has 5 rings (SSSR count). The summed E-state index contributed by atoms with van der Waals surface area (Å²) in [6, 6.07) is 17.4. The van der Waals surface area contributed by atoms with Gasteiger partial charge in [-0.15, -0.1) is 11.3 Å². The Morgan fingerprint density at radius 3 is 2.59 bits per heavy atom. The standard InChI is InChI=1S/C27H27FN2O3S/c28-23-9-5-4-8-21(23)27(32)29(16-19-10-11-19)17-26(31)30-14-12-25-22(13-15-34-25)24(30)18-33-20-6-2-1-3-7-20/h1-9,13,15,19,24H,10-12,14,16-18H2/t24-/m1/s1. The number of amides is 2. The Hall–Kier alpha value is -3.19. The van der Waals surface area contributed by atoms with Gasteiger partial charge in [-0.1, -0.05) is 30.3 Å². The minimum absolute atomic E-state index is 0.0127. The molecule has 0 bridgehead atoms. The lowest BCUT2D eigenvalue weighted by Gasteiger charge is -2.37. The predicted molar refractivity (Wildman–Crippen MR) is 129 cm³/mol. The third-order valence-corrected chi connectivity index (χ3v) is 7.46. The van der Waals surface area contributed by atoms with Gasteiger partial charge in [0, 0.05) is 18.0 Å². The van der Waals surface area contributed by atoms with E-state index in [2.05, 4.69) is 11.4 Å². The normalized spacial score (nSPS) is 17.2. The summed E-state index contributed by atoms with van der Waals surface area (Å²) in [5.41, 5.74) is 1.12. The van der Waals surface area contributed by atoms with E-state index in [-0.39, 0.29) is 24.1 Å². The summed E-state index contributed by atoms with van der Waals surface area (Å²) >= 11 is 1.70. The maximum Gasteiger partial charge on any atom is 0.257 e. The predicted octanol–water partition coefficient (Wildman–Crippen LogP) is 4.94. The van der Waals surface area contributed by atoms with Crippen LogP contribution in [0.5, 0.6) is 5.75 Å². The van der Waals surface area contributed by atoms with Gasteiger partial charge in [-0.05, 0) is 66.5 Å². The first-order chi connectivity index (χ1) is 16.6. The molecule has 7 heteroatoms. The highest BCUT2D eigenvalue weighted by molar-refractivity contribution is 7.10. The molecule has 1 aliphatic carbocycles. The molecule has 176 valence electrons. The number of rotatable bonds is 8. The van der Waals surface area contributed by atoms with Crippen LogP contribution >= 0.6 is 11.3 Å². The van der Waals surface area contributed by atoms with Gasteiger partial charge >= 0.3 is 0 Å². The molecular weight excluding hydrogens is 451 g/mol. The molecule has 0 spiro atoms. The van der Waals surface area contributed by atoms with Crippen LogP contribution in [0, 0.1) is 11.7 Å². The van der Waals surface area contributed by atoms with Gasteiger partial charge in [0.05, 0.1) is 11.6 Å². The summed E-state index contributed by atoms with van der Waals surface area (Å²) in [5, 5.41) is 2.05. The molecule has 1 fully saturated rings. The van der Waals surface area contributed by atoms with Crippen LogP contribution in [-0.2, 0) is 11.2 Å². The van der Waals surface area contributed by atoms with Crippen LogP contribution in [-0.4, -0.2) is 47.9 Å². The lowest BCUT2D eigenvalue weighted by molar-refractivity contribution is -0.135. The van der Waals surface area contributed by atoms with Crippen molar-refractivity contribution >= 4 is 23.2 Å². The van der Waals surface area contributed by atoms with Crippen molar-refractivity contribution in [3.63, 3.8) is 0 Å². The highest BCUT2D eigenvalue weighted by Crippen LogP contribution is 2.35. The second-order valence-corrected chi connectivity index (χ2v) is 9.89. The molecule has 1 aliphatic heterocycles. The average molecular weight is 479 g/mol. The quantitative estimate of drug-likeness (QED) is 0.461. The summed E-state index contributed by atoms with van der Waals surface area (Å²) in [7, 11) is 0. The first kappa shape index (κ1) is 22.6. The number of carbonyl (C=O) groups excluding carboxylic acids is 2. The monoisotopic (exact) mass is 478 g/mol. The second-order valence-electron chi connectivity index (χ2n) is 8.89. The van der Waals surface area contributed by atoms with Crippen molar-refractivity contribution in [3.8, 4) is 5.75 Å². The van der Waals surface area contributed by atoms with Crippen molar-refractivity contribution < 1.29 is 18.7 Å². The van der Waals surface area contributed by atoms with E-state index >= 15 is 0 Å². The molecule has 2 heterocycles. The van der Waals surface area contributed by atoms with Crippen LogP contribution in [0.25, 0.3) is 0 Å². The van der Waals surface area contributed by atoms with Crippen molar-refractivity contribution in [1.29, 1.82) is 0 Å². The lowest BCUT2D eigenvalue weighted by Crippen LogP contribution is -2.48. The molecule has 3 aromatic rings. The molecule has 0 radical (unpaired) electrons. The van der Waals surface area contributed by atoms with Gasteiger partial charge in [-0.25, -0.2) is 4.39 Å². The largest absolute Gasteiger partial charge is 0.491 e. The first-order valence-corrected chi connectivity index (χ1v) is 12.6. The van der Waals surface area contributed by atoms with Crippen molar-refractivity contribution in [3.05, 3.63) is 87.9 Å². The molecule has 5 nitrogen and oxygen atoms in total. The Kier molecular flexibility index (Phi) is 6.63. The SMILES string of the molecule is O=C(c1ccccc1F)N(CC(=O)N1CCc2sccc2[C@H]1COc1ccccc1)CC1CC1. The van der Waals surface area contributed by atoms with E-state index in [0.717, 1.165) is 30.6 Å². The topological polar surface area (TPSA) is 49.9 Å². The fraction of sp³-hybridized carbons (Fsp3) is 0.333. The van der Waals surface area contributed by atoms with E-state index in [1.54, 1.807) is 23.5 Å². The fourth-order valence-corrected chi connectivity index (χ4v) is 5.39. The molecule has 34 heavy (non-hydrogen) atoms. The van der Waals surface area contributed by atoms with Crippen LogP contribution < -0.4 is 4.74 Å². The van der Waals surface area contributed by atoms with E-state index < -0.39 is 11.7 Å². The average Bonchev–Trinajstić information content (AvgIpc) is 3.54. The third-order valence-electron chi connectivity index (χ3n) is 6.46. The number of benzene rings is 2. The molecule has 1 saturated carbocycles. The van der Waals surface area contributed by atoms with Gasteiger partial charge in [0.1, 0.15) is 24.7 Å². The van der Waals surface area contributed by atoms with Gasteiger partial charge in [-0.2, -0.15) is 0 Å². The molecular formula is C27H27FN2O3S. The van der Waals surface area contributed by atoms with E-state index in [9.17, 15) is 14.0 Å². The molecule has 2 aromatic carbocycles. The number of hydrogen-bond donors (Lipinski definition) is 0. The Balaban J connectivity index is 1.35. The molecule has 2 amide bonds. The zero-order valence-electron chi connectivity index (χ0n) is 18.9. The Bertz CT molecular complexity index is 1160. The summed E-state index contributed by atoms with van der Waals surface area (Å²) in [6.45, 7) is 1.32. The van der Waals surface area contributed by atoms with Crippen molar-refractivity contribution in [1.82, 2.24) is 9.80 Å². The Labute approximate surface area is 202 Å². The highest BCUT2D eigenvalue weighted by Gasteiger charge is 2.35. The highest BCUT2D eigenvalue weighted by atomic mass is 32.1. The smallest absolute Gasteiger partial charge is 0.257 e. The third kappa shape index (κ3) is 4.99. The minimum Gasteiger partial charge on any atom is -0.491 e. The Morgan fingerprint density at radius 2 is 1.82 bits per heavy atom. The second kappa shape index (κ2) is 9.97. The molecule has 0 N–H and O–H groups in total. The molecule has 0 unspecified atom stereocenters. The van der Waals surface area contributed by atoms with Crippen LogP contribution in [0.15, 0.2) is 66.0 Å². The van der Waals surface area contributed by atoms with Crippen molar-refractivity contribution in [2.45, 2.75) is 25.3 Å². The van der Waals surface area contributed by atoms with Crippen molar-refractivity contribution in [2.24, 2.45) is 5.92 Å². The van der Waals surface area contributed by atoms with E-state index in [4.69, 9.17) is 4.74 Å². The van der Waals surface area contributed by atoms with Crippen LogP contribution in [0.4, 0.5) is 4.39 Å². The number of ether oxygens (including phenoxy) is 1. The fourth-order valence-electron chi connectivity index (χ4n) is 4.46. The van der Waals surface area contributed by atoms with E-state index in [1.807, 2.05) is 35.2 Å². The number of halogens is 1. The lowest BCUT2D eigenvalue weighted by atomic mass is 10.0. The zero-order chi connectivity index (χ0) is 23.5.